The summed E-state index contributed by atoms with van der Waals surface area (Å²) in [6, 6.07) is 15.1. The second-order valence-electron chi connectivity index (χ2n) is 6.77. The molecule has 1 heterocycles. The highest BCUT2D eigenvalue weighted by Crippen LogP contribution is 2.21. The molecule has 0 spiro atoms. The summed E-state index contributed by atoms with van der Waals surface area (Å²) in [6.45, 7) is 4.38. The molecule has 0 aliphatic heterocycles. The van der Waals surface area contributed by atoms with E-state index < -0.39 is 10.0 Å². The molecule has 0 saturated heterocycles. The summed E-state index contributed by atoms with van der Waals surface area (Å²) >= 11 is 0. The summed E-state index contributed by atoms with van der Waals surface area (Å²) in [5.41, 5.74) is 1.84. The average Bonchev–Trinajstić information content (AvgIpc) is 2.76. The van der Waals surface area contributed by atoms with Crippen molar-refractivity contribution in [1.82, 2.24) is 14.5 Å². The number of benzene rings is 2. The SMILES string of the molecule is CCOc1ccc(-c2ccc(=O)n(CCNS(=O)(=O)c3ccc(OC)c(C)c3)n2)cc1. The molecule has 2 aromatic carbocycles. The van der Waals surface area contributed by atoms with E-state index >= 15 is 0 Å². The second kappa shape index (κ2) is 9.76. The summed E-state index contributed by atoms with van der Waals surface area (Å²) in [5.74, 6) is 1.36. The Morgan fingerprint density at radius 3 is 2.45 bits per heavy atom. The van der Waals surface area contributed by atoms with Gasteiger partial charge in [0, 0.05) is 18.2 Å². The van der Waals surface area contributed by atoms with Crippen LogP contribution in [0.3, 0.4) is 0 Å². The summed E-state index contributed by atoms with van der Waals surface area (Å²) in [4.78, 5) is 12.3. The number of aromatic nitrogens is 2. The Morgan fingerprint density at radius 2 is 1.81 bits per heavy atom. The van der Waals surface area contributed by atoms with E-state index in [9.17, 15) is 13.2 Å². The highest BCUT2D eigenvalue weighted by Gasteiger charge is 2.15. The summed E-state index contributed by atoms with van der Waals surface area (Å²) in [7, 11) is -2.20. The number of aryl methyl sites for hydroxylation is 1. The van der Waals surface area contributed by atoms with Crippen LogP contribution in [0.15, 0.2) is 64.3 Å². The lowest BCUT2D eigenvalue weighted by Crippen LogP contribution is -2.32. The highest BCUT2D eigenvalue weighted by atomic mass is 32.2. The summed E-state index contributed by atoms with van der Waals surface area (Å²) in [6.07, 6.45) is 0. The molecule has 3 aromatic rings. The van der Waals surface area contributed by atoms with Gasteiger partial charge in [-0.15, -0.1) is 0 Å². The molecule has 1 N–H and O–H groups in total. The van der Waals surface area contributed by atoms with E-state index in [-0.39, 0.29) is 23.5 Å². The van der Waals surface area contributed by atoms with E-state index in [1.54, 1.807) is 19.1 Å². The number of sulfonamides is 1. The van der Waals surface area contributed by atoms with Gasteiger partial charge in [0.1, 0.15) is 11.5 Å². The molecule has 3 rings (SSSR count). The van der Waals surface area contributed by atoms with Crippen molar-refractivity contribution in [1.29, 1.82) is 0 Å². The molecule has 0 aliphatic rings. The van der Waals surface area contributed by atoms with Gasteiger partial charge < -0.3 is 9.47 Å². The molecule has 0 radical (unpaired) electrons. The summed E-state index contributed by atoms with van der Waals surface area (Å²) < 4.78 is 39.5. The number of ether oxygens (including phenoxy) is 2. The largest absolute Gasteiger partial charge is 0.496 e. The minimum atomic E-state index is -3.73. The molecule has 8 nitrogen and oxygen atoms in total. The zero-order chi connectivity index (χ0) is 22.4. The van der Waals surface area contributed by atoms with Crippen molar-refractivity contribution in [3.63, 3.8) is 0 Å². The van der Waals surface area contributed by atoms with Crippen molar-refractivity contribution in [2.24, 2.45) is 0 Å². The van der Waals surface area contributed by atoms with Gasteiger partial charge in [0.15, 0.2) is 0 Å². The first-order valence-corrected chi connectivity index (χ1v) is 11.3. The highest BCUT2D eigenvalue weighted by molar-refractivity contribution is 7.89. The minimum absolute atomic E-state index is 0.0209. The van der Waals surface area contributed by atoms with E-state index in [2.05, 4.69) is 9.82 Å². The zero-order valence-corrected chi connectivity index (χ0v) is 18.5. The van der Waals surface area contributed by atoms with Gasteiger partial charge in [-0.05, 0) is 67.9 Å². The van der Waals surface area contributed by atoms with Gasteiger partial charge in [-0.25, -0.2) is 17.8 Å². The van der Waals surface area contributed by atoms with Gasteiger partial charge in [0.25, 0.3) is 5.56 Å². The Kier molecular flexibility index (Phi) is 7.09. The molecule has 164 valence electrons. The van der Waals surface area contributed by atoms with Crippen molar-refractivity contribution in [3.8, 4) is 22.8 Å². The minimum Gasteiger partial charge on any atom is -0.496 e. The van der Waals surface area contributed by atoms with Crippen LogP contribution in [0.4, 0.5) is 0 Å². The van der Waals surface area contributed by atoms with E-state index in [0.29, 0.717) is 23.6 Å². The number of nitrogens with one attached hydrogen (secondary N) is 1. The fourth-order valence-electron chi connectivity index (χ4n) is 3.04. The van der Waals surface area contributed by atoms with E-state index in [1.807, 2.05) is 31.2 Å². The topological polar surface area (TPSA) is 99.5 Å². The molecule has 0 bridgehead atoms. The van der Waals surface area contributed by atoms with Gasteiger partial charge >= 0.3 is 0 Å². The van der Waals surface area contributed by atoms with Crippen molar-refractivity contribution in [2.45, 2.75) is 25.3 Å². The van der Waals surface area contributed by atoms with Crippen LogP contribution in [-0.4, -0.2) is 38.5 Å². The van der Waals surface area contributed by atoms with Crippen LogP contribution in [0.2, 0.25) is 0 Å². The molecule has 0 saturated carbocycles. The monoisotopic (exact) mass is 443 g/mol. The third-order valence-corrected chi connectivity index (χ3v) is 6.08. The maximum Gasteiger partial charge on any atom is 0.266 e. The smallest absolute Gasteiger partial charge is 0.266 e. The van der Waals surface area contributed by atoms with Gasteiger partial charge in [0.2, 0.25) is 10.0 Å². The molecule has 9 heteroatoms. The Balaban J connectivity index is 1.71. The van der Waals surface area contributed by atoms with Gasteiger partial charge in [0.05, 0.1) is 30.9 Å². The van der Waals surface area contributed by atoms with Crippen molar-refractivity contribution in [2.75, 3.05) is 20.3 Å². The molecule has 0 fully saturated rings. The van der Waals surface area contributed by atoms with Crippen molar-refractivity contribution < 1.29 is 17.9 Å². The predicted octanol–water partition coefficient (Wildman–Crippen LogP) is 2.60. The number of nitrogens with zero attached hydrogens (tertiary/aromatic N) is 2. The third kappa shape index (κ3) is 5.50. The Labute approximate surface area is 181 Å². The Bertz CT molecular complexity index is 1200. The fourth-order valence-corrected chi connectivity index (χ4v) is 4.14. The van der Waals surface area contributed by atoms with Crippen LogP contribution < -0.4 is 19.8 Å². The van der Waals surface area contributed by atoms with Crippen LogP contribution in [0.1, 0.15) is 12.5 Å². The first-order valence-electron chi connectivity index (χ1n) is 9.80. The van der Waals surface area contributed by atoms with Gasteiger partial charge in [-0.1, -0.05) is 0 Å². The standard InChI is InChI=1S/C22H25N3O5S/c1-4-30-18-7-5-17(6-8-18)20-10-12-22(26)25(24-20)14-13-23-31(27,28)19-9-11-21(29-3)16(2)15-19/h5-12,15,23H,4,13-14H2,1-3H3. The molecule has 31 heavy (non-hydrogen) atoms. The first kappa shape index (κ1) is 22.5. The number of rotatable bonds is 9. The lowest BCUT2D eigenvalue weighted by atomic mass is 10.1. The van der Waals surface area contributed by atoms with Gasteiger partial charge in [-0.2, -0.15) is 5.10 Å². The van der Waals surface area contributed by atoms with Crippen LogP contribution >= 0.6 is 0 Å². The lowest BCUT2D eigenvalue weighted by molar-refractivity contribution is 0.340. The third-order valence-electron chi connectivity index (χ3n) is 4.62. The number of hydrogen-bond donors (Lipinski definition) is 1. The molecular weight excluding hydrogens is 418 g/mol. The molecule has 0 unspecified atom stereocenters. The maximum atomic E-state index is 12.6. The lowest BCUT2D eigenvalue weighted by Gasteiger charge is -2.11. The van der Waals surface area contributed by atoms with Crippen LogP contribution in [0.25, 0.3) is 11.3 Å². The van der Waals surface area contributed by atoms with Crippen LogP contribution in [0.5, 0.6) is 11.5 Å². The van der Waals surface area contributed by atoms with E-state index in [1.165, 1.54) is 30.0 Å². The summed E-state index contributed by atoms with van der Waals surface area (Å²) in [5, 5.41) is 4.36. The fraction of sp³-hybridized carbons (Fsp3) is 0.273. The maximum absolute atomic E-state index is 12.6. The average molecular weight is 444 g/mol. The van der Waals surface area contributed by atoms with E-state index in [4.69, 9.17) is 9.47 Å². The van der Waals surface area contributed by atoms with E-state index in [0.717, 1.165) is 11.3 Å². The quantitative estimate of drug-likeness (QED) is 0.546. The predicted molar refractivity (Wildman–Crippen MR) is 118 cm³/mol. The Morgan fingerprint density at radius 1 is 1.06 bits per heavy atom. The number of methoxy groups -OCH3 is 1. The Hall–Kier alpha value is -3.17. The molecule has 1 aromatic heterocycles. The molecule has 0 amide bonds. The molecular formula is C22H25N3O5S. The molecule has 0 atom stereocenters. The van der Waals surface area contributed by atoms with Gasteiger partial charge in [-0.3, -0.25) is 4.79 Å². The van der Waals surface area contributed by atoms with Crippen molar-refractivity contribution >= 4 is 10.0 Å². The zero-order valence-electron chi connectivity index (χ0n) is 17.7. The normalized spacial score (nSPS) is 11.3. The first-order chi connectivity index (χ1) is 14.8. The van der Waals surface area contributed by atoms with Crippen LogP contribution in [-0.2, 0) is 16.6 Å². The second-order valence-corrected chi connectivity index (χ2v) is 8.53. The number of hydrogen-bond acceptors (Lipinski definition) is 6. The molecule has 0 aliphatic carbocycles. The van der Waals surface area contributed by atoms with Crippen molar-refractivity contribution in [3.05, 3.63) is 70.5 Å². The van der Waals surface area contributed by atoms with Crippen LogP contribution in [0, 0.1) is 6.92 Å².